The largest absolute Gasteiger partial charge is 0.478 e. The molecule has 0 atom stereocenters. The van der Waals surface area contributed by atoms with Crippen LogP contribution in [0.25, 0.3) is 0 Å². The van der Waals surface area contributed by atoms with Crippen molar-refractivity contribution in [2.75, 3.05) is 31.6 Å². The van der Waals surface area contributed by atoms with E-state index in [4.69, 9.17) is 5.11 Å². The van der Waals surface area contributed by atoms with Gasteiger partial charge in [-0.05, 0) is 38.1 Å². The highest BCUT2D eigenvalue weighted by Gasteiger charge is 2.11. The van der Waals surface area contributed by atoms with Crippen molar-refractivity contribution in [2.45, 2.75) is 19.8 Å². The second kappa shape index (κ2) is 8.14. The van der Waals surface area contributed by atoms with E-state index in [2.05, 4.69) is 0 Å². The fourth-order valence-electron chi connectivity index (χ4n) is 2.07. The number of hydrogen-bond acceptors (Lipinski definition) is 4. The Morgan fingerprint density at radius 1 is 1.24 bits per heavy atom. The first-order chi connectivity index (χ1) is 9.85. The second-order valence-corrected chi connectivity index (χ2v) is 7.58. The van der Waals surface area contributed by atoms with Gasteiger partial charge >= 0.3 is 5.97 Å². The zero-order valence-corrected chi connectivity index (χ0v) is 13.4. The molecule has 0 saturated carbocycles. The van der Waals surface area contributed by atoms with Gasteiger partial charge in [-0.1, -0.05) is 25.1 Å². The van der Waals surface area contributed by atoms with Crippen molar-refractivity contribution in [1.29, 1.82) is 0 Å². The predicted octanol–water partition coefficient (Wildman–Crippen LogP) is 1.68. The maximum absolute atomic E-state index is 11.4. The third-order valence-corrected chi connectivity index (χ3v) is 5.24. The van der Waals surface area contributed by atoms with Crippen LogP contribution in [0.3, 0.4) is 0 Å². The number of hydrogen-bond donors (Lipinski definition) is 1. The molecular weight excluding hydrogens is 290 g/mol. The summed E-state index contributed by atoms with van der Waals surface area (Å²) in [6.07, 6.45) is 1.24. The Morgan fingerprint density at radius 2 is 1.90 bits per heavy atom. The van der Waals surface area contributed by atoms with E-state index in [1.807, 2.05) is 24.1 Å². The van der Waals surface area contributed by atoms with Crippen LogP contribution >= 0.6 is 0 Å². The number of carboxylic acids is 1. The third kappa shape index (κ3) is 6.27. The zero-order valence-electron chi connectivity index (χ0n) is 12.6. The van der Waals surface area contributed by atoms with Gasteiger partial charge in [0.15, 0.2) is 0 Å². The summed E-state index contributed by atoms with van der Waals surface area (Å²) in [6.45, 7) is 3.05. The Labute approximate surface area is 126 Å². The predicted molar refractivity (Wildman–Crippen MR) is 83.5 cm³/mol. The number of benzene rings is 1. The lowest BCUT2D eigenvalue weighted by atomic mass is 10.0. The molecular formula is C15H23NO4S. The number of carboxylic acid groups (broad SMARTS) is 1. The Hall–Kier alpha value is -1.40. The number of aromatic carboxylic acids is 1. The molecule has 0 fully saturated rings. The van der Waals surface area contributed by atoms with E-state index in [0.29, 0.717) is 31.5 Å². The first-order valence-corrected chi connectivity index (χ1v) is 8.88. The molecule has 0 saturated heterocycles. The minimum Gasteiger partial charge on any atom is -0.478 e. The van der Waals surface area contributed by atoms with E-state index in [-0.39, 0.29) is 11.5 Å². The quantitative estimate of drug-likeness (QED) is 0.751. The van der Waals surface area contributed by atoms with Gasteiger partial charge in [0.1, 0.15) is 9.84 Å². The molecule has 21 heavy (non-hydrogen) atoms. The van der Waals surface area contributed by atoms with Crippen molar-refractivity contribution >= 4 is 15.8 Å². The van der Waals surface area contributed by atoms with Crippen molar-refractivity contribution < 1.29 is 18.3 Å². The molecule has 0 unspecified atom stereocenters. The molecule has 0 radical (unpaired) electrons. The summed E-state index contributed by atoms with van der Waals surface area (Å²) in [7, 11) is -0.986. The van der Waals surface area contributed by atoms with Gasteiger partial charge in [0.25, 0.3) is 0 Å². The average Bonchev–Trinajstić information content (AvgIpc) is 2.45. The number of likely N-dealkylation sites (N-methyl/N-ethyl adjacent to an activating group) is 1. The van der Waals surface area contributed by atoms with E-state index in [1.165, 1.54) is 0 Å². The SMILES string of the molecule is CCS(=O)(=O)CCCN(C)CCc1ccccc1C(=O)O. The normalized spacial score (nSPS) is 11.8. The molecule has 118 valence electrons. The van der Waals surface area contributed by atoms with E-state index in [9.17, 15) is 13.2 Å². The third-order valence-electron chi connectivity index (χ3n) is 3.45. The molecule has 0 aliphatic rings. The zero-order chi connectivity index (χ0) is 15.9. The monoisotopic (exact) mass is 313 g/mol. The second-order valence-electron chi connectivity index (χ2n) is 5.11. The van der Waals surface area contributed by atoms with Crippen LogP contribution < -0.4 is 0 Å². The van der Waals surface area contributed by atoms with E-state index in [1.54, 1.807) is 19.1 Å². The first kappa shape index (κ1) is 17.7. The molecule has 0 amide bonds. The summed E-state index contributed by atoms with van der Waals surface area (Å²) in [6, 6.07) is 6.96. The summed E-state index contributed by atoms with van der Waals surface area (Å²) in [4.78, 5) is 13.1. The molecule has 6 heteroatoms. The molecule has 0 aromatic heterocycles. The van der Waals surface area contributed by atoms with Crippen LogP contribution in [0.1, 0.15) is 29.3 Å². The van der Waals surface area contributed by atoms with Gasteiger partial charge in [-0.25, -0.2) is 13.2 Å². The molecule has 1 rings (SSSR count). The fourth-order valence-corrected chi connectivity index (χ4v) is 2.93. The summed E-state index contributed by atoms with van der Waals surface area (Å²) in [5, 5.41) is 9.11. The summed E-state index contributed by atoms with van der Waals surface area (Å²) in [5.41, 5.74) is 1.14. The highest BCUT2D eigenvalue weighted by atomic mass is 32.2. The average molecular weight is 313 g/mol. The standard InChI is InChI=1S/C15H23NO4S/c1-3-21(19,20)12-6-10-16(2)11-9-13-7-4-5-8-14(13)15(17)18/h4-5,7-8H,3,6,9-12H2,1-2H3,(H,17,18). The Bertz CT molecular complexity index is 569. The van der Waals surface area contributed by atoms with Gasteiger partial charge in [0.2, 0.25) is 0 Å². The van der Waals surface area contributed by atoms with Crippen molar-refractivity contribution in [1.82, 2.24) is 4.90 Å². The van der Waals surface area contributed by atoms with Gasteiger partial charge in [0.05, 0.1) is 11.3 Å². The molecule has 1 aromatic rings. The van der Waals surface area contributed by atoms with E-state index in [0.717, 1.165) is 5.56 Å². The van der Waals surface area contributed by atoms with Crippen molar-refractivity contribution in [3.05, 3.63) is 35.4 Å². The number of carbonyl (C=O) groups is 1. The lowest BCUT2D eigenvalue weighted by molar-refractivity contribution is 0.0695. The van der Waals surface area contributed by atoms with E-state index < -0.39 is 15.8 Å². The molecule has 0 aliphatic carbocycles. The molecule has 0 heterocycles. The molecule has 1 N–H and O–H groups in total. The topological polar surface area (TPSA) is 74.7 Å². The van der Waals surface area contributed by atoms with Crippen LogP contribution in [0.4, 0.5) is 0 Å². The number of sulfone groups is 1. The Morgan fingerprint density at radius 3 is 2.52 bits per heavy atom. The number of rotatable bonds is 9. The smallest absolute Gasteiger partial charge is 0.335 e. The summed E-state index contributed by atoms with van der Waals surface area (Å²) < 4.78 is 22.8. The molecule has 0 spiro atoms. The highest BCUT2D eigenvalue weighted by molar-refractivity contribution is 7.91. The van der Waals surface area contributed by atoms with Crippen LogP contribution in [0.5, 0.6) is 0 Å². The fraction of sp³-hybridized carbons (Fsp3) is 0.533. The summed E-state index contributed by atoms with van der Waals surface area (Å²) >= 11 is 0. The lowest BCUT2D eigenvalue weighted by Gasteiger charge is -2.17. The van der Waals surface area contributed by atoms with Crippen LogP contribution in [0.15, 0.2) is 24.3 Å². The maximum Gasteiger partial charge on any atom is 0.335 e. The van der Waals surface area contributed by atoms with Gasteiger partial charge in [0, 0.05) is 12.3 Å². The Balaban J connectivity index is 2.43. The highest BCUT2D eigenvalue weighted by Crippen LogP contribution is 2.10. The van der Waals surface area contributed by atoms with Crippen LogP contribution in [-0.2, 0) is 16.3 Å². The number of nitrogens with zero attached hydrogens (tertiary/aromatic N) is 1. The van der Waals surface area contributed by atoms with Crippen LogP contribution in [0, 0.1) is 0 Å². The first-order valence-electron chi connectivity index (χ1n) is 7.06. The van der Waals surface area contributed by atoms with Crippen molar-refractivity contribution in [3.8, 4) is 0 Å². The lowest BCUT2D eigenvalue weighted by Crippen LogP contribution is -2.25. The minimum atomic E-state index is -2.90. The van der Waals surface area contributed by atoms with E-state index >= 15 is 0 Å². The van der Waals surface area contributed by atoms with Gasteiger partial charge in [-0.15, -0.1) is 0 Å². The van der Waals surface area contributed by atoms with Gasteiger partial charge in [-0.3, -0.25) is 0 Å². The van der Waals surface area contributed by atoms with Crippen LogP contribution in [-0.4, -0.2) is 56.0 Å². The van der Waals surface area contributed by atoms with Crippen molar-refractivity contribution in [2.24, 2.45) is 0 Å². The molecule has 5 nitrogen and oxygen atoms in total. The van der Waals surface area contributed by atoms with Gasteiger partial charge < -0.3 is 10.0 Å². The minimum absolute atomic E-state index is 0.183. The molecule has 1 aromatic carbocycles. The summed E-state index contributed by atoms with van der Waals surface area (Å²) in [5.74, 6) is -0.523. The van der Waals surface area contributed by atoms with Crippen molar-refractivity contribution in [3.63, 3.8) is 0 Å². The Kier molecular flexibility index (Phi) is 6.84. The molecule has 0 aliphatic heterocycles. The van der Waals surface area contributed by atoms with Gasteiger partial charge in [-0.2, -0.15) is 0 Å². The molecule has 0 bridgehead atoms. The maximum atomic E-state index is 11.4. The van der Waals surface area contributed by atoms with Crippen LogP contribution in [0.2, 0.25) is 0 Å².